The lowest BCUT2D eigenvalue weighted by Gasteiger charge is -2.23. The van der Waals surface area contributed by atoms with Gasteiger partial charge in [0.15, 0.2) is 5.82 Å². The predicted molar refractivity (Wildman–Crippen MR) is 122 cm³/mol. The van der Waals surface area contributed by atoms with Gasteiger partial charge < -0.3 is 5.11 Å². The third kappa shape index (κ3) is 4.71. The second-order valence-electron chi connectivity index (χ2n) is 8.66. The molecule has 5 nitrogen and oxygen atoms in total. The molecular weight excluding hydrogens is 386 g/mol. The maximum absolute atomic E-state index is 11.6. The van der Waals surface area contributed by atoms with Crippen molar-refractivity contribution >= 4 is 5.97 Å². The lowest BCUT2D eigenvalue weighted by atomic mass is 9.95. The molecule has 162 valence electrons. The summed E-state index contributed by atoms with van der Waals surface area (Å²) in [6.07, 6.45) is 7.98. The SMILES string of the molecule is CCC(C)c1nc(Cc2ccc(-c3ccccc3C(=O)O)cc2)n(C2CCCCC2)n1. The van der Waals surface area contributed by atoms with E-state index in [0.29, 0.717) is 17.5 Å². The molecule has 0 saturated heterocycles. The van der Waals surface area contributed by atoms with Gasteiger partial charge in [0.2, 0.25) is 0 Å². The highest BCUT2D eigenvalue weighted by Gasteiger charge is 2.22. The molecule has 0 bridgehead atoms. The monoisotopic (exact) mass is 417 g/mol. The van der Waals surface area contributed by atoms with Gasteiger partial charge in [0.25, 0.3) is 0 Å². The fraction of sp³-hybridized carbons (Fsp3) is 0.423. The summed E-state index contributed by atoms with van der Waals surface area (Å²) in [5, 5.41) is 14.4. The van der Waals surface area contributed by atoms with Crippen LogP contribution in [0.3, 0.4) is 0 Å². The molecule has 1 N–H and O–H groups in total. The second-order valence-corrected chi connectivity index (χ2v) is 8.66. The van der Waals surface area contributed by atoms with E-state index < -0.39 is 5.97 Å². The highest BCUT2D eigenvalue weighted by molar-refractivity contribution is 5.95. The van der Waals surface area contributed by atoms with Crippen LogP contribution >= 0.6 is 0 Å². The lowest BCUT2D eigenvalue weighted by molar-refractivity contribution is 0.0697. The van der Waals surface area contributed by atoms with Gasteiger partial charge >= 0.3 is 5.97 Å². The first kappa shape index (κ1) is 21.3. The number of benzene rings is 2. The van der Waals surface area contributed by atoms with Crippen LogP contribution in [-0.2, 0) is 6.42 Å². The Balaban J connectivity index is 1.60. The summed E-state index contributed by atoms with van der Waals surface area (Å²) in [7, 11) is 0. The number of hydrogen-bond donors (Lipinski definition) is 1. The van der Waals surface area contributed by atoms with E-state index in [1.807, 2.05) is 24.3 Å². The van der Waals surface area contributed by atoms with Crippen LogP contribution in [0.1, 0.15) is 91.9 Å². The van der Waals surface area contributed by atoms with Crippen LogP contribution in [-0.4, -0.2) is 25.8 Å². The molecule has 1 aromatic heterocycles. The standard InChI is InChI=1S/C26H31N3O2/c1-3-18(2)25-27-24(29(28-25)21-9-5-4-6-10-21)17-19-13-15-20(16-14-19)22-11-7-8-12-23(22)26(30)31/h7-8,11-16,18,21H,3-6,9-10,17H2,1-2H3,(H,30,31). The van der Waals surface area contributed by atoms with Crippen molar-refractivity contribution in [3.63, 3.8) is 0 Å². The third-order valence-electron chi connectivity index (χ3n) is 6.48. The lowest BCUT2D eigenvalue weighted by Crippen LogP contribution is -2.17. The topological polar surface area (TPSA) is 68.0 Å². The number of rotatable bonds is 7. The van der Waals surface area contributed by atoms with Gasteiger partial charge in [0.1, 0.15) is 5.82 Å². The predicted octanol–water partition coefficient (Wildman–Crippen LogP) is 6.25. The van der Waals surface area contributed by atoms with Gasteiger partial charge in [-0.3, -0.25) is 0 Å². The van der Waals surface area contributed by atoms with Crippen LogP contribution in [0.4, 0.5) is 0 Å². The summed E-state index contributed by atoms with van der Waals surface area (Å²) in [6, 6.07) is 15.8. The molecule has 0 amide bonds. The molecular formula is C26H31N3O2. The van der Waals surface area contributed by atoms with Gasteiger partial charge in [0, 0.05) is 12.3 Å². The Bertz CT molecular complexity index is 1030. The van der Waals surface area contributed by atoms with Crippen LogP contribution in [0.25, 0.3) is 11.1 Å². The van der Waals surface area contributed by atoms with E-state index >= 15 is 0 Å². The van der Waals surface area contributed by atoms with E-state index in [9.17, 15) is 9.90 Å². The molecule has 0 radical (unpaired) electrons. The highest BCUT2D eigenvalue weighted by atomic mass is 16.4. The normalized spacial score (nSPS) is 15.7. The fourth-order valence-electron chi connectivity index (χ4n) is 4.41. The van der Waals surface area contributed by atoms with E-state index in [1.54, 1.807) is 12.1 Å². The molecule has 0 aliphatic heterocycles. The molecule has 1 aliphatic carbocycles. The molecule has 4 rings (SSSR count). The highest BCUT2D eigenvalue weighted by Crippen LogP contribution is 2.30. The molecule has 5 heteroatoms. The minimum atomic E-state index is -0.905. The van der Waals surface area contributed by atoms with Crippen molar-refractivity contribution in [1.29, 1.82) is 0 Å². The van der Waals surface area contributed by atoms with Crippen molar-refractivity contribution in [2.75, 3.05) is 0 Å². The molecule has 0 spiro atoms. The zero-order valence-corrected chi connectivity index (χ0v) is 18.4. The summed E-state index contributed by atoms with van der Waals surface area (Å²) >= 11 is 0. The molecule has 1 saturated carbocycles. The van der Waals surface area contributed by atoms with Gasteiger partial charge in [-0.25, -0.2) is 14.5 Å². The van der Waals surface area contributed by atoms with Crippen LogP contribution in [0.15, 0.2) is 48.5 Å². The molecule has 1 atom stereocenters. The quantitative estimate of drug-likeness (QED) is 0.493. The van der Waals surface area contributed by atoms with Gasteiger partial charge in [-0.05, 0) is 42.0 Å². The Kier molecular flexibility index (Phi) is 6.50. The zero-order valence-electron chi connectivity index (χ0n) is 18.4. The number of carboxylic acids is 1. The van der Waals surface area contributed by atoms with Gasteiger partial charge in [-0.15, -0.1) is 0 Å². The molecule has 1 unspecified atom stereocenters. The summed E-state index contributed by atoms with van der Waals surface area (Å²) in [5.41, 5.74) is 3.14. The molecule has 1 fully saturated rings. The van der Waals surface area contributed by atoms with Gasteiger partial charge in [-0.1, -0.05) is 75.6 Å². The Morgan fingerprint density at radius 1 is 1.10 bits per heavy atom. The van der Waals surface area contributed by atoms with Crippen LogP contribution in [0.2, 0.25) is 0 Å². The molecule has 3 aromatic rings. The van der Waals surface area contributed by atoms with Crippen molar-refractivity contribution in [2.45, 2.75) is 70.8 Å². The van der Waals surface area contributed by atoms with Crippen molar-refractivity contribution in [3.8, 4) is 11.1 Å². The van der Waals surface area contributed by atoms with Crippen molar-refractivity contribution in [2.24, 2.45) is 0 Å². The average molecular weight is 418 g/mol. The Morgan fingerprint density at radius 2 is 1.81 bits per heavy atom. The van der Waals surface area contributed by atoms with Gasteiger partial charge in [-0.2, -0.15) is 5.10 Å². The van der Waals surface area contributed by atoms with E-state index in [4.69, 9.17) is 10.1 Å². The maximum Gasteiger partial charge on any atom is 0.336 e. The van der Waals surface area contributed by atoms with Crippen molar-refractivity contribution in [3.05, 3.63) is 71.3 Å². The molecule has 2 aromatic carbocycles. The second kappa shape index (κ2) is 9.46. The Morgan fingerprint density at radius 3 is 2.48 bits per heavy atom. The Labute approximate surface area is 184 Å². The largest absolute Gasteiger partial charge is 0.478 e. The summed E-state index contributed by atoms with van der Waals surface area (Å²) in [6.45, 7) is 4.37. The minimum absolute atomic E-state index is 0.325. The molecule has 1 heterocycles. The summed E-state index contributed by atoms with van der Waals surface area (Å²) < 4.78 is 2.20. The first-order valence-electron chi connectivity index (χ1n) is 11.4. The third-order valence-corrected chi connectivity index (χ3v) is 6.48. The first-order chi connectivity index (χ1) is 15.1. The van der Waals surface area contributed by atoms with E-state index in [2.05, 4.69) is 30.7 Å². The number of aromatic carboxylic acids is 1. The zero-order chi connectivity index (χ0) is 21.8. The van der Waals surface area contributed by atoms with E-state index in [-0.39, 0.29) is 0 Å². The number of hydrogen-bond acceptors (Lipinski definition) is 3. The van der Waals surface area contributed by atoms with Crippen LogP contribution in [0.5, 0.6) is 0 Å². The fourth-order valence-corrected chi connectivity index (χ4v) is 4.41. The first-order valence-corrected chi connectivity index (χ1v) is 11.4. The Hall–Kier alpha value is -2.95. The number of carboxylic acid groups (broad SMARTS) is 1. The maximum atomic E-state index is 11.6. The van der Waals surface area contributed by atoms with Gasteiger partial charge in [0.05, 0.1) is 11.6 Å². The average Bonchev–Trinajstić information content (AvgIpc) is 3.23. The number of nitrogens with zero attached hydrogens (tertiary/aromatic N) is 3. The number of carbonyl (C=O) groups is 1. The number of aromatic nitrogens is 3. The van der Waals surface area contributed by atoms with Crippen LogP contribution in [0, 0.1) is 0 Å². The van der Waals surface area contributed by atoms with E-state index in [0.717, 1.165) is 41.2 Å². The molecule has 31 heavy (non-hydrogen) atoms. The molecule has 1 aliphatic rings. The van der Waals surface area contributed by atoms with Crippen molar-refractivity contribution in [1.82, 2.24) is 14.8 Å². The van der Waals surface area contributed by atoms with E-state index in [1.165, 1.54) is 32.1 Å². The van der Waals surface area contributed by atoms with Crippen molar-refractivity contribution < 1.29 is 9.90 Å². The van der Waals surface area contributed by atoms with Crippen LogP contribution < -0.4 is 0 Å². The summed E-state index contributed by atoms with van der Waals surface area (Å²) in [5.74, 6) is 1.45. The summed E-state index contributed by atoms with van der Waals surface area (Å²) in [4.78, 5) is 16.5. The smallest absolute Gasteiger partial charge is 0.336 e. The minimum Gasteiger partial charge on any atom is -0.478 e.